The second-order valence-electron chi connectivity index (χ2n) is 4.88. The molecule has 0 saturated carbocycles. The maximum Gasteiger partial charge on any atom is 0.184 e. The molecule has 2 heterocycles. The number of nitrogens with zero attached hydrogens (tertiary/aromatic N) is 2. The first-order chi connectivity index (χ1) is 8.70. The highest BCUT2D eigenvalue weighted by Crippen LogP contribution is 2.29. The molecule has 1 aliphatic rings. The lowest BCUT2D eigenvalue weighted by Gasteiger charge is -2.29. The van der Waals surface area contributed by atoms with Crippen LogP contribution in [0.1, 0.15) is 12.8 Å². The zero-order valence-electron chi connectivity index (χ0n) is 10.3. The van der Waals surface area contributed by atoms with E-state index >= 15 is 0 Å². The monoisotopic (exact) mass is 325 g/mol. The maximum absolute atomic E-state index is 4.65. The standard InChI is InChI=1S/C13H16BrN3S/c1-17-6-2-3-10(8-17)15-13-16-11-7-9(14)4-5-12(11)18-13/h4-5,7,10H,2-3,6,8H2,1H3,(H,15,16). The van der Waals surface area contributed by atoms with Crippen LogP contribution in [-0.2, 0) is 0 Å². The summed E-state index contributed by atoms with van der Waals surface area (Å²) in [7, 11) is 2.18. The Morgan fingerprint density at radius 3 is 3.22 bits per heavy atom. The number of hydrogen-bond donors (Lipinski definition) is 1. The first-order valence-electron chi connectivity index (χ1n) is 6.22. The number of hydrogen-bond acceptors (Lipinski definition) is 4. The zero-order chi connectivity index (χ0) is 12.5. The number of rotatable bonds is 2. The molecule has 3 nitrogen and oxygen atoms in total. The number of halogens is 1. The normalized spacial score (nSPS) is 21.3. The van der Waals surface area contributed by atoms with Gasteiger partial charge >= 0.3 is 0 Å². The van der Waals surface area contributed by atoms with Gasteiger partial charge in [-0.3, -0.25) is 0 Å². The largest absolute Gasteiger partial charge is 0.357 e. The highest BCUT2D eigenvalue weighted by atomic mass is 79.9. The molecule has 1 aromatic heterocycles. The Morgan fingerprint density at radius 1 is 1.50 bits per heavy atom. The highest BCUT2D eigenvalue weighted by Gasteiger charge is 2.18. The molecule has 0 spiro atoms. The Kier molecular flexibility index (Phi) is 3.54. The summed E-state index contributed by atoms with van der Waals surface area (Å²) in [5.41, 5.74) is 1.07. The van der Waals surface area contributed by atoms with E-state index in [0.717, 1.165) is 21.7 Å². The van der Waals surface area contributed by atoms with Gasteiger partial charge in [0, 0.05) is 17.1 Å². The van der Waals surface area contributed by atoms with Crippen LogP contribution in [0.5, 0.6) is 0 Å². The molecule has 0 amide bonds. The lowest BCUT2D eigenvalue weighted by Crippen LogP contribution is -2.39. The molecule has 5 heteroatoms. The van der Waals surface area contributed by atoms with Gasteiger partial charge in [-0.15, -0.1) is 0 Å². The summed E-state index contributed by atoms with van der Waals surface area (Å²) in [6.45, 7) is 2.32. The molecule has 1 N–H and O–H groups in total. The molecule has 1 unspecified atom stereocenters. The van der Waals surface area contributed by atoms with E-state index in [9.17, 15) is 0 Å². The number of anilines is 1. The lowest BCUT2D eigenvalue weighted by molar-refractivity contribution is 0.261. The van der Waals surface area contributed by atoms with Gasteiger partial charge in [0.25, 0.3) is 0 Å². The third-order valence-electron chi connectivity index (χ3n) is 3.30. The number of aromatic nitrogens is 1. The number of piperidine rings is 1. The Hall–Kier alpha value is -0.650. The molecule has 0 bridgehead atoms. The number of benzene rings is 1. The third kappa shape index (κ3) is 2.68. The van der Waals surface area contributed by atoms with E-state index in [1.807, 2.05) is 0 Å². The first-order valence-corrected chi connectivity index (χ1v) is 7.83. The molecule has 1 atom stereocenters. The minimum Gasteiger partial charge on any atom is -0.357 e. The molecule has 1 fully saturated rings. The van der Waals surface area contributed by atoms with Crippen LogP contribution in [0.2, 0.25) is 0 Å². The van der Waals surface area contributed by atoms with E-state index in [2.05, 4.69) is 56.4 Å². The van der Waals surface area contributed by atoms with Crippen molar-refractivity contribution in [3.8, 4) is 0 Å². The zero-order valence-corrected chi connectivity index (χ0v) is 12.7. The molecule has 0 radical (unpaired) electrons. The molecule has 0 aliphatic carbocycles. The van der Waals surface area contributed by atoms with Crippen molar-refractivity contribution in [3.63, 3.8) is 0 Å². The summed E-state index contributed by atoms with van der Waals surface area (Å²) in [6.07, 6.45) is 2.51. The van der Waals surface area contributed by atoms with E-state index in [0.29, 0.717) is 6.04 Å². The Morgan fingerprint density at radius 2 is 2.39 bits per heavy atom. The van der Waals surface area contributed by atoms with Crippen LogP contribution in [0.15, 0.2) is 22.7 Å². The van der Waals surface area contributed by atoms with Gasteiger partial charge in [-0.1, -0.05) is 27.3 Å². The average Bonchev–Trinajstić information content (AvgIpc) is 2.70. The van der Waals surface area contributed by atoms with Crippen LogP contribution in [0.25, 0.3) is 10.2 Å². The molecule has 2 aromatic rings. The van der Waals surface area contributed by atoms with Crippen LogP contribution in [0.3, 0.4) is 0 Å². The number of likely N-dealkylation sites (N-methyl/N-ethyl adjacent to an activating group) is 1. The Balaban J connectivity index is 1.78. The van der Waals surface area contributed by atoms with Crippen LogP contribution >= 0.6 is 27.3 Å². The predicted molar refractivity (Wildman–Crippen MR) is 81.5 cm³/mol. The third-order valence-corrected chi connectivity index (χ3v) is 4.76. The highest BCUT2D eigenvalue weighted by molar-refractivity contribution is 9.10. The summed E-state index contributed by atoms with van der Waals surface area (Å²) < 4.78 is 2.33. The van der Waals surface area contributed by atoms with E-state index in [1.54, 1.807) is 11.3 Å². The van der Waals surface area contributed by atoms with Gasteiger partial charge in [0.05, 0.1) is 10.2 Å². The number of fused-ring (bicyclic) bond motifs is 1. The number of nitrogens with one attached hydrogen (secondary N) is 1. The number of likely N-dealkylation sites (tertiary alicyclic amines) is 1. The molecule has 18 heavy (non-hydrogen) atoms. The fraction of sp³-hybridized carbons (Fsp3) is 0.462. The van der Waals surface area contributed by atoms with Gasteiger partial charge in [0.2, 0.25) is 0 Å². The van der Waals surface area contributed by atoms with E-state index in [4.69, 9.17) is 0 Å². The smallest absolute Gasteiger partial charge is 0.184 e. The Bertz CT molecular complexity index is 554. The molecule has 1 saturated heterocycles. The van der Waals surface area contributed by atoms with Crippen LogP contribution in [0, 0.1) is 0 Å². The van der Waals surface area contributed by atoms with Crippen LogP contribution < -0.4 is 5.32 Å². The molecular formula is C13H16BrN3S. The SMILES string of the molecule is CN1CCCC(Nc2nc3cc(Br)ccc3s2)C1. The van der Waals surface area contributed by atoms with Crippen molar-refractivity contribution in [2.75, 3.05) is 25.5 Å². The second-order valence-corrected chi connectivity index (χ2v) is 6.82. The van der Waals surface area contributed by atoms with E-state index in [-0.39, 0.29) is 0 Å². The van der Waals surface area contributed by atoms with Crippen molar-refractivity contribution in [2.45, 2.75) is 18.9 Å². The van der Waals surface area contributed by atoms with Crippen molar-refractivity contribution >= 4 is 42.6 Å². The fourth-order valence-corrected chi connectivity index (χ4v) is 3.69. The van der Waals surface area contributed by atoms with Crippen molar-refractivity contribution in [1.29, 1.82) is 0 Å². The summed E-state index contributed by atoms with van der Waals surface area (Å²) in [5.74, 6) is 0. The molecule has 96 valence electrons. The topological polar surface area (TPSA) is 28.2 Å². The van der Waals surface area contributed by atoms with Gasteiger partial charge in [-0.05, 0) is 44.6 Å². The summed E-state index contributed by atoms with van der Waals surface area (Å²) in [5, 5.41) is 4.62. The fourth-order valence-electron chi connectivity index (χ4n) is 2.42. The molecule has 1 aromatic carbocycles. The quantitative estimate of drug-likeness (QED) is 0.914. The minimum atomic E-state index is 0.535. The van der Waals surface area contributed by atoms with Gasteiger partial charge in [0.15, 0.2) is 5.13 Å². The van der Waals surface area contributed by atoms with Gasteiger partial charge in [0.1, 0.15) is 0 Å². The van der Waals surface area contributed by atoms with Crippen molar-refractivity contribution in [2.24, 2.45) is 0 Å². The lowest BCUT2D eigenvalue weighted by atomic mass is 10.1. The molecule has 1 aliphatic heterocycles. The Labute approximate surface area is 119 Å². The van der Waals surface area contributed by atoms with Crippen LogP contribution in [-0.4, -0.2) is 36.1 Å². The predicted octanol–water partition coefficient (Wildman–Crippen LogP) is 3.56. The van der Waals surface area contributed by atoms with Crippen LogP contribution in [0.4, 0.5) is 5.13 Å². The van der Waals surface area contributed by atoms with E-state index < -0.39 is 0 Å². The summed E-state index contributed by atoms with van der Waals surface area (Å²) in [6, 6.07) is 6.80. The maximum atomic E-state index is 4.65. The average molecular weight is 326 g/mol. The molecule has 3 rings (SSSR count). The van der Waals surface area contributed by atoms with Crippen molar-refractivity contribution in [3.05, 3.63) is 22.7 Å². The number of thiazole rings is 1. The van der Waals surface area contributed by atoms with Crippen molar-refractivity contribution in [1.82, 2.24) is 9.88 Å². The first kappa shape index (κ1) is 12.4. The van der Waals surface area contributed by atoms with Gasteiger partial charge < -0.3 is 10.2 Å². The summed E-state index contributed by atoms with van der Waals surface area (Å²) >= 11 is 5.22. The van der Waals surface area contributed by atoms with E-state index in [1.165, 1.54) is 24.1 Å². The van der Waals surface area contributed by atoms with Gasteiger partial charge in [-0.25, -0.2) is 4.98 Å². The van der Waals surface area contributed by atoms with Crippen molar-refractivity contribution < 1.29 is 0 Å². The van der Waals surface area contributed by atoms with Gasteiger partial charge in [-0.2, -0.15) is 0 Å². The minimum absolute atomic E-state index is 0.535. The summed E-state index contributed by atoms with van der Waals surface area (Å²) in [4.78, 5) is 7.03. The molecular weight excluding hydrogens is 310 g/mol. The second kappa shape index (κ2) is 5.15.